The molecule has 23 heavy (non-hydrogen) atoms. The molecule has 0 saturated carbocycles. The fraction of sp³-hybridized carbons (Fsp3) is 0.167. The third kappa shape index (κ3) is 2.40. The molecule has 3 aromatic rings. The summed E-state index contributed by atoms with van der Waals surface area (Å²) in [6.07, 6.45) is 2.32. The van der Waals surface area contributed by atoms with Gasteiger partial charge in [0.2, 0.25) is 0 Å². The Labute approximate surface area is 132 Å². The van der Waals surface area contributed by atoms with Crippen LogP contribution in [0.2, 0.25) is 0 Å². The van der Waals surface area contributed by atoms with Crippen molar-refractivity contribution >= 4 is 28.3 Å². The summed E-state index contributed by atoms with van der Waals surface area (Å²) in [5, 5.41) is 7.36. The molecule has 4 rings (SSSR count). The van der Waals surface area contributed by atoms with Gasteiger partial charge in [-0.15, -0.1) is 0 Å². The Kier molecular flexibility index (Phi) is 3.19. The molecular formula is C18H14N2O3. The van der Waals surface area contributed by atoms with Crippen LogP contribution in [0.4, 0.5) is 5.69 Å². The third-order valence-corrected chi connectivity index (χ3v) is 4.11. The number of amides is 1. The van der Waals surface area contributed by atoms with Crippen LogP contribution in [0.1, 0.15) is 39.3 Å². The molecule has 0 bridgehead atoms. The number of anilines is 1. The molecule has 0 unspecified atom stereocenters. The van der Waals surface area contributed by atoms with Crippen LogP contribution in [-0.2, 0) is 6.42 Å². The second-order valence-electron chi connectivity index (χ2n) is 5.63. The topological polar surface area (TPSA) is 72.2 Å². The Morgan fingerprint density at radius 3 is 2.91 bits per heavy atom. The highest BCUT2D eigenvalue weighted by molar-refractivity contribution is 6.10. The van der Waals surface area contributed by atoms with E-state index in [4.69, 9.17) is 4.52 Å². The zero-order valence-corrected chi connectivity index (χ0v) is 12.3. The largest absolute Gasteiger partial charge is 0.355 e. The molecule has 114 valence electrons. The van der Waals surface area contributed by atoms with E-state index in [1.54, 1.807) is 24.3 Å². The van der Waals surface area contributed by atoms with Gasteiger partial charge in [-0.05, 0) is 48.7 Å². The quantitative estimate of drug-likeness (QED) is 0.785. The molecular weight excluding hydrogens is 292 g/mol. The number of para-hydroxylation sites is 1. The Morgan fingerprint density at radius 2 is 2.00 bits per heavy atom. The number of benzene rings is 2. The van der Waals surface area contributed by atoms with Crippen LogP contribution >= 0.6 is 0 Å². The van der Waals surface area contributed by atoms with Crippen LogP contribution in [0.3, 0.4) is 0 Å². The SMILES string of the molecule is O=C1CCCc2cc(NC(=O)c3noc4ccccc34)ccc21. The maximum Gasteiger partial charge on any atom is 0.278 e. The number of nitrogens with one attached hydrogen (secondary N) is 1. The molecule has 2 aromatic carbocycles. The number of carbonyl (C=O) groups excluding carboxylic acids is 2. The second-order valence-corrected chi connectivity index (χ2v) is 5.63. The summed E-state index contributed by atoms with van der Waals surface area (Å²) in [5.41, 5.74) is 3.25. The van der Waals surface area contributed by atoms with E-state index in [0.29, 0.717) is 23.1 Å². The van der Waals surface area contributed by atoms with Crippen LogP contribution in [0.15, 0.2) is 47.0 Å². The van der Waals surface area contributed by atoms with Gasteiger partial charge in [-0.2, -0.15) is 0 Å². The molecule has 1 aromatic heterocycles. The maximum atomic E-state index is 12.4. The van der Waals surface area contributed by atoms with Crippen molar-refractivity contribution in [3.05, 3.63) is 59.3 Å². The van der Waals surface area contributed by atoms with E-state index >= 15 is 0 Å². The highest BCUT2D eigenvalue weighted by Gasteiger charge is 2.19. The first-order chi connectivity index (χ1) is 11.2. The monoisotopic (exact) mass is 306 g/mol. The summed E-state index contributed by atoms with van der Waals surface area (Å²) in [5.74, 6) is -0.149. The van der Waals surface area contributed by atoms with Crippen molar-refractivity contribution in [2.45, 2.75) is 19.3 Å². The van der Waals surface area contributed by atoms with E-state index in [0.717, 1.165) is 24.0 Å². The molecule has 0 atom stereocenters. The lowest BCUT2D eigenvalue weighted by atomic mass is 9.90. The second kappa shape index (κ2) is 5.35. The van der Waals surface area contributed by atoms with E-state index < -0.39 is 0 Å². The molecule has 1 aliphatic carbocycles. The summed E-state index contributed by atoms with van der Waals surface area (Å²) in [6.45, 7) is 0. The van der Waals surface area contributed by atoms with Crippen molar-refractivity contribution in [1.82, 2.24) is 5.16 Å². The summed E-state index contributed by atoms with van der Waals surface area (Å²) < 4.78 is 5.16. The average Bonchev–Trinajstić information content (AvgIpc) is 2.99. The number of ketones is 1. The lowest BCUT2D eigenvalue weighted by Crippen LogP contribution is -2.15. The fourth-order valence-electron chi connectivity index (χ4n) is 2.96. The van der Waals surface area contributed by atoms with Crippen LogP contribution in [-0.4, -0.2) is 16.8 Å². The predicted molar refractivity (Wildman–Crippen MR) is 85.7 cm³/mol. The molecule has 0 saturated heterocycles. The van der Waals surface area contributed by atoms with Gasteiger partial charge >= 0.3 is 0 Å². The number of fused-ring (bicyclic) bond motifs is 2. The fourth-order valence-corrected chi connectivity index (χ4v) is 2.96. The number of rotatable bonds is 2. The molecule has 1 amide bonds. The summed E-state index contributed by atoms with van der Waals surface area (Å²) in [4.78, 5) is 24.3. The number of aromatic nitrogens is 1. The van der Waals surface area contributed by atoms with Crippen molar-refractivity contribution in [3.63, 3.8) is 0 Å². The summed E-state index contributed by atoms with van der Waals surface area (Å²) in [7, 11) is 0. The van der Waals surface area contributed by atoms with Gasteiger partial charge < -0.3 is 9.84 Å². The lowest BCUT2D eigenvalue weighted by Gasteiger charge is -2.15. The molecule has 1 aliphatic rings. The maximum absolute atomic E-state index is 12.4. The summed E-state index contributed by atoms with van der Waals surface area (Å²) >= 11 is 0. The van der Waals surface area contributed by atoms with Crippen molar-refractivity contribution in [3.8, 4) is 0 Å². The molecule has 1 N–H and O–H groups in total. The first-order valence-corrected chi connectivity index (χ1v) is 7.54. The van der Waals surface area contributed by atoms with Gasteiger partial charge in [0.25, 0.3) is 5.91 Å². The first kappa shape index (κ1) is 13.7. The zero-order chi connectivity index (χ0) is 15.8. The third-order valence-electron chi connectivity index (χ3n) is 4.11. The molecule has 0 fully saturated rings. The lowest BCUT2D eigenvalue weighted by molar-refractivity contribution is 0.0971. The van der Waals surface area contributed by atoms with E-state index in [1.807, 2.05) is 18.2 Å². The Bertz CT molecular complexity index is 927. The molecule has 5 heteroatoms. The number of hydrogen-bond acceptors (Lipinski definition) is 4. The standard InChI is InChI=1S/C18H14N2O3/c21-15-6-3-4-11-10-12(8-9-13(11)15)19-18(22)17-14-5-1-2-7-16(14)23-20-17/h1-2,5,7-10H,3-4,6H2,(H,19,22). The van der Waals surface area contributed by atoms with E-state index in [2.05, 4.69) is 10.5 Å². The first-order valence-electron chi connectivity index (χ1n) is 7.54. The minimum absolute atomic E-state index is 0.173. The normalized spacial score (nSPS) is 13.8. The Hall–Kier alpha value is -2.95. The highest BCUT2D eigenvalue weighted by Crippen LogP contribution is 2.25. The summed E-state index contributed by atoms with van der Waals surface area (Å²) in [6, 6.07) is 12.6. The van der Waals surface area contributed by atoms with Crippen LogP contribution < -0.4 is 5.32 Å². The van der Waals surface area contributed by atoms with E-state index in [-0.39, 0.29) is 17.4 Å². The van der Waals surface area contributed by atoms with Crippen LogP contribution in [0.25, 0.3) is 11.0 Å². The molecule has 0 spiro atoms. The Morgan fingerprint density at radius 1 is 1.13 bits per heavy atom. The highest BCUT2D eigenvalue weighted by atomic mass is 16.5. The van der Waals surface area contributed by atoms with Crippen molar-refractivity contribution in [1.29, 1.82) is 0 Å². The number of carbonyl (C=O) groups is 2. The van der Waals surface area contributed by atoms with E-state index in [9.17, 15) is 9.59 Å². The average molecular weight is 306 g/mol. The molecule has 0 radical (unpaired) electrons. The number of hydrogen-bond donors (Lipinski definition) is 1. The minimum atomic E-state index is -0.322. The molecule has 1 heterocycles. The van der Waals surface area contributed by atoms with Gasteiger partial charge in [0.15, 0.2) is 17.1 Å². The van der Waals surface area contributed by atoms with Gasteiger partial charge in [-0.1, -0.05) is 17.3 Å². The molecule has 0 aliphatic heterocycles. The van der Waals surface area contributed by atoms with Gasteiger partial charge in [0, 0.05) is 17.7 Å². The van der Waals surface area contributed by atoms with Crippen LogP contribution in [0, 0.1) is 0 Å². The zero-order valence-electron chi connectivity index (χ0n) is 12.3. The van der Waals surface area contributed by atoms with Gasteiger partial charge in [-0.25, -0.2) is 0 Å². The molecule has 5 nitrogen and oxygen atoms in total. The van der Waals surface area contributed by atoms with Gasteiger partial charge in [-0.3, -0.25) is 9.59 Å². The predicted octanol–water partition coefficient (Wildman–Crippen LogP) is 3.60. The van der Waals surface area contributed by atoms with Gasteiger partial charge in [0.1, 0.15) is 0 Å². The number of nitrogens with zero attached hydrogens (tertiary/aromatic N) is 1. The van der Waals surface area contributed by atoms with Crippen molar-refractivity contribution in [2.24, 2.45) is 0 Å². The smallest absolute Gasteiger partial charge is 0.278 e. The van der Waals surface area contributed by atoms with Gasteiger partial charge in [0.05, 0.1) is 5.39 Å². The Balaban J connectivity index is 1.63. The van der Waals surface area contributed by atoms with Crippen molar-refractivity contribution in [2.75, 3.05) is 5.32 Å². The number of aryl methyl sites for hydroxylation is 1. The van der Waals surface area contributed by atoms with Crippen LogP contribution in [0.5, 0.6) is 0 Å². The van der Waals surface area contributed by atoms with Crippen molar-refractivity contribution < 1.29 is 14.1 Å². The minimum Gasteiger partial charge on any atom is -0.355 e. The van der Waals surface area contributed by atoms with E-state index in [1.165, 1.54) is 0 Å². The number of Topliss-reactive ketones (excluding diaryl/α,β-unsaturated/α-hetero) is 1.